The van der Waals surface area contributed by atoms with E-state index in [0.29, 0.717) is 10.8 Å². The first-order valence-corrected chi connectivity index (χ1v) is 4.55. The lowest BCUT2D eigenvalue weighted by Crippen LogP contribution is -1.87. The van der Waals surface area contributed by atoms with Crippen LogP contribution in [0.3, 0.4) is 0 Å². The van der Waals surface area contributed by atoms with Gasteiger partial charge in [0.05, 0.1) is 11.2 Å². The molecule has 1 heterocycles. The topological polar surface area (TPSA) is 38.1 Å². The monoisotopic (exact) mass is 208 g/mol. The molecule has 2 aromatic rings. The summed E-state index contributed by atoms with van der Waals surface area (Å²) in [4.78, 5) is 3.84. The van der Waals surface area contributed by atoms with Crippen molar-refractivity contribution in [3.8, 4) is 11.3 Å². The average molecular weight is 209 g/mol. The van der Waals surface area contributed by atoms with E-state index in [9.17, 15) is 0 Å². The van der Waals surface area contributed by atoms with Crippen molar-refractivity contribution in [1.82, 2.24) is 4.98 Å². The van der Waals surface area contributed by atoms with Gasteiger partial charge in [-0.25, -0.2) is 4.98 Å². The number of halogens is 1. The molecule has 0 fully saturated rings. The van der Waals surface area contributed by atoms with Gasteiger partial charge in [0, 0.05) is 18.3 Å². The summed E-state index contributed by atoms with van der Waals surface area (Å²) in [6.07, 6.45) is 3.03. The van der Waals surface area contributed by atoms with Crippen molar-refractivity contribution < 1.29 is 4.42 Å². The first-order chi connectivity index (χ1) is 6.81. The quantitative estimate of drug-likeness (QED) is 0.825. The van der Waals surface area contributed by atoms with Crippen LogP contribution in [0.4, 0.5) is 5.69 Å². The van der Waals surface area contributed by atoms with Crippen LogP contribution in [0.2, 0.25) is 5.02 Å². The fourth-order valence-corrected chi connectivity index (χ4v) is 1.49. The van der Waals surface area contributed by atoms with E-state index in [4.69, 9.17) is 16.0 Å². The number of nitrogens with one attached hydrogen (secondary N) is 1. The van der Waals surface area contributed by atoms with Gasteiger partial charge in [-0.3, -0.25) is 0 Å². The summed E-state index contributed by atoms with van der Waals surface area (Å²) in [5, 5.41) is 3.66. The van der Waals surface area contributed by atoms with E-state index in [2.05, 4.69) is 10.3 Å². The predicted octanol–water partition coefficient (Wildman–Crippen LogP) is 3.04. The van der Waals surface area contributed by atoms with Crippen molar-refractivity contribution in [3.63, 3.8) is 0 Å². The zero-order valence-corrected chi connectivity index (χ0v) is 8.38. The van der Waals surface area contributed by atoms with Gasteiger partial charge in [-0.1, -0.05) is 11.6 Å². The van der Waals surface area contributed by atoms with Gasteiger partial charge in [0.1, 0.15) is 0 Å². The Labute approximate surface area is 86.7 Å². The van der Waals surface area contributed by atoms with E-state index in [0.717, 1.165) is 11.3 Å². The Morgan fingerprint density at radius 1 is 1.43 bits per heavy atom. The molecule has 0 saturated heterocycles. The highest BCUT2D eigenvalue weighted by Crippen LogP contribution is 2.29. The second-order valence-electron chi connectivity index (χ2n) is 2.81. The van der Waals surface area contributed by atoms with Crippen molar-refractivity contribution in [1.29, 1.82) is 0 Å². The average Bonchev–Trinajstić information content (AvgIpc) is 2.70. The minimum Gasteiger partial charge on any atom is -0.443 e. The van der Waals surface area contributed by atoms with Gasteiger partial charge in [-0.2, -0.15) is 0 Å². The molecule has 0 aliphatic carbocycles. The van der Waals surface area contributed by atoms with Crippen molar-refractivity contribution in [3.05, 3.63) is 35.8 Å². The minimum atomic E-state index is 0.647. The second kappa shape index (κ2) is 3.72. The molecule has 0 spiro atoms. The molecule has 14 heavy (non-hydrogen) atoms. The fraction of sp³-hybridized carbons (Fsp3) is 0.100. The van der Waals surface area contributed by atoms with Crippen molar-refractivity contribution in [2.45, 2.75) is 0 Å². The summed E-state index contributed by atoms with van der Waals surface area (Å²) < 4.78 is 5.16. The molecular formula is C10H9ClN2O. The first-order valence-electron chi connectivity index (χ1n) is 4.17. The van der Waals surface area contributed by atoms with Gasteiger partial charge in [0.2, 0.25) is 0 Å². The Balaban J connectivity index is 2.46. The van der Waals surface area contributed by atoms with E-state index in [-0.39, 0.29) is 0 Å². The minimum absolute atomic E-state index is 0.647. The van der Waals surface area contributed by atoms with Crippen LogP contribution in [0, 0.1) is 0 Å². The molecule has 0 saturated carbocycles. The summed E-state index contributed by atoms with van der Waals surface area (Å²) >= 11 is 6.07. The molecule has 0 aliphatic rings. The Morgan fingerprint density at radius 2 is 2.29 bits per heavy atom. The lowest BCUT2D eigenvalue weighted by molar-refractivity contribution is 0.572. The molecule has 0 amide bonds. The molecular weight excluding hydrogens is 200 g/mol. The molecule has 1 aromatic carbocycles. The smallest absolute Gasteiger partial charge is 0.181 e. The molecule has 4 heteroatoms. The zero-order valence-electron chi connectivity index (χ0n) is 7.62. The summed E-state index contributed by atoms with van der Waals surface area (Å²) in [6.45, 7) is 0. The molecule has 1 N–H and O–H groups in total. The van der Waals surface area contributed by atoms with Crippen molar-refractivity contribution >= 4 is 17.3 Å². The van der Waals surface area contributed by atoms with Crippen LogP contribution in [0.1, 0.15) is 0 Å². The van der Waals surface area contributed by atoms with Gasteiger partial charge in [0.25, 0.3) is 0 Å². The van der Waals surface area contributed by atoms with E-state index < -0.39 is 0 Å². The van der Waals surface area contributed by atoms with Crippen LogP contribution in [0.15, 0.2) is 35.2 Å². The SMILES string of the molecule is CNc1ccc(-c2cnco2)c(Cl)c1. The number of oxazole rings is 1. The maximum absolute atomic E-state index is 6.07. The Bertz CT molecular complexity index is 426. The van der Waals surface area contributed by atoms with E-state index in [1.54, 1.807) is 6.20 Å². The third-order valence-corrected chi connectivity index (χ3v) is 2.27. The predicted molar refractivity (Wildman–Crippen MR) is 56.5 cm³/mol. The number of nitrogens with zero attached hydrogens (tertiary/aromatic N) is 1. The third kappa shape index (κ3) is 1.59. The van der Waals surface area contributed by atoms with E-state index in [1.807, 2.05) is 25.2 Å². The molecule has 1 aromatic heterocycles. The fourth-order valence-electron chi connectivity index (χ4n) is 1.22. The molecule has 0 atom stereocenters. The summed E-state index contributed by atoms with van der Waals surface area (Å²) in [6, 6.07) is 5.68. The maximum Gasteiger partial charge on any atom is 0.181 e. The molecule has 72 valence electrons. The first kappa shape index (κ1) is 9.09. The van der Waals surface area contributed by atoms with Crippen LogP contribution in [-0.4, -0.2) is 12.0 Å². The van der Waals surface area contributed by atoms with Crippen LogP contribution in [0.25, 0.3) is 11.3 Å². The molecule has 0 bridgehead atoms. The number of hydrogen-bond acceptors (Lipinski definition) is 3. The maximum atomic E-state index is 6.07. The highest BCUT2D eigenvalue weighted by Gasteiger charge is 2.06. The molecule has 2 rings (SSSR count). The van der Waals surface area contributed by atoms with Gasteiger partial charge in [-0.05, 0) is 18.2 Å². The molecule has 0 radical (unpaired) electrons. The van der Waals surface area contributed by atoms with E-state index >= 15 is 0 Å². The number of aromatic nitrogens is 1. The largest absolute Gasteiger partial charge is 0.443 e. The van der Waals surface area contributed by atoms with Gasteiger partial charge >= 0.3 is 0 Å². The van der Waals surface area contributed by atoms with Gasteiger partial charge in [0.15, 0.2) is 12.2 Å². The van der Waals surface area contributed by atoms with Gasteiger partial charge in [-0.15, -0.1) is 0 Å². The van der Waals surface area contributed by atoms with Crippen molar-refractivity contribution in [2.24, 2.45) is 0 Å². The standard InChI is InChI=1S/C10H9ClN2O/c1-12-7-2-3-8(9(11)4-7)10-5-13-6-14-10/h2-6,12H,1H3. The third-order valence-electron chi connectivity index (χ3n) is 1.96. The zero-order chi connectivity index (χ0) is 9.97. The Morgan fingerprint density at radius 3 is 2.86 bits per heavy atom. The molecule has 0 aliphatic heterocycles. The van der Waals surface area contributed by atoms with Crippen LogP contribution >= 0.6 is 11.6 Å². The molecule has 0 unspecified atom stereocenters. The highest BCUT2D eigenvalue weighted by atomic mass is 35.5. The number of anilines is 1. The Hall–Kier alpha value is -1.48. The number of benzene rings is 1. The van der Waals surface area contributed by atoms with Crippen molar-refractivity contribution in [2.75, 3.05) is 12.4 Å². The molecule has 3 nitrogen and oxygen atoms in total. The lowest BCUT2D eigenvalue weighted by Gasteiger charge is -2.03. The number of hydrogen-bond donors (Lipinski definition) is 1. The summed E-state index contributed by atoms with van der Waals surface area (Å²) in [5.74, 6) is 0.678. The summed E-state index contributed by atoms with van der Waals surface area (Å²) in [5.41, 5.74) is 1.82. The summed E-state index contributed by atoms with van der Waals surface area (Å²) in [7, 11) is 1.85. The van der Waals surface area contributed by atoms with Crippen LogP contribution in [-0.2, 0) is 0 Å². The normalized spacial score (nSPS) is 10.1. The van der Waals surface area contributed by atoms with Gasteiger partial charge < -0.3 is 9.73 Å². The Kier molecular flexibility index (Phi) is 2.41. The number of rotatable bonds is 2. The lowest BCUT2D eigenvalue weighted by atomic mass is 10.1. The van der Waals surface area contributed by atoms with Crippen LogP contribution in [0.5, 0.6) is 0 Å². The van der Waals surface area contributed by atoms with Crippen LogP contribution < -0.4 is 5.32 Å². The highest BCUT2D eigenvalue weighted by molar-refractivity contribution is 6.33. The van der Waals surface area contributed by atoms with E-state index in [1.165, 1.54) is 6.39 Å². The second-order valence-corrected chi connectivity index (χ2v) is 3.22.